The predicted molar refractivity (Wildman–Crippen MR) is 72.2 cm³/mol. The van der Waals surface area contributed by atoms with Crippen LogP contribution < -0.4 is 5.32 Å². The molecule has 0 atom stereocenters. The first kappa shape index (κ1) is 13.7. The van der Waals surface area contributed by atoms with E-state index in [1.54, 1.807) is 11.4 Å². The number of hydrogen-bond acceptors (Lipinski definition) is 6. The molecule has 0 aliphatic heterocycles. The van der Waals surface area contributed by atoms with Crippen LogP contribution in [0.3, 0.4) is 0 Å². The molecular formula is C13H9N3O3S. The number of nitriles is 1. The van der Waals surface area contributed by atoms with Gasteiger partial charge in [-0.15, -0.1) is 11.3 Å². The SMILES string of the molecule is N#Cc1ccsc1NC(=O)COC(=O)c1ccncc1. The van der Waals surface area contributed by atoms with Crippen molar-refractivity contribution < 1.29 is 14.3 Å². The Labute approximate surface area is 118 Å². The van der Waals surface area contributed by atoms with E-state index in [9.17, 15) is 9.59 Å². The standard InChI is InChI=1S/C13H9N3O3S/c14-7-10-3-6-20-12(10)16-11(17)8-19-13(18)9-1-4-15-5-2-9/h1-6H,8H2,(H,16,17). The molecule has 0 aromatic carbocycles. The molecule has 0 aliphatic carbocycles. The van der Waals surface area contributed by atoms with E-state index >= 15 is 0 Å². The topological polar surface area (TPSA) is 92.1 Å². The summed E-state index contributed by atoms with van der Waals surface area (Å²) in [6.07, 6.45) is 2.92. The molecule has 0 unspecified atom stereocenters. The zero-order valence-electron chi connectivity index (χ0n) is 10.2. The molecule has 2 aromatic heterocycles. The molecular weight excluding hydrogens is 278 g/mol. The van der Waals surface area contributed by atoms with Crippen molar-refractivity contribution in [2.45, 2.75) is 0 Å². The van der Waals surface area contributed by atoms with E-state index in [1.807, 2.05) is 6.07 Å². The van der Waals surface area contributed by atoms with E-state index in [0.717, 1.165) is 0 Å². The maximum Gasteiger partial charge on any atom is 0.338 e. The lowest BCUT2D eigenvalue weighted by Gasteiger charge is -2.05. The van der Waals surface area contributed by atoms with Gasteiger partial charge in [0.25, 0.3) is 5.91 Å². The first-order valence-electron chi connectivity index (χ1n) is 5.55. The zero-order chi connectivity index (χ0) is 14.4. The van der Waals surface area contributed by atoms with Gasteiger partial charge in [0, 0.05) is 12.4 Å². The number of esters is 1. The van der Waals surface area contributed by atoms with Crippen LogP contribution in [0.2, 0.25) is 0 Å². The highest BCUT2D eigenvalue weighted by Gasteiger charge is 2.12. The monoisotopic (exact) mass is 287 g/mol. The van der Waals surface area contributed by atoms with Crippen LogP contribution in [0.5, 0.6) is 0 Å². The molecule has 1 N–H and O–H groups in total. The molecule has 7 heteroatoms. The molecule has 0 fully saturated rings. The third-order valence-electron chi connectivity index (χ3n) is 2.29. The summed E-state index contributed by atoms with van der Waals surface area (Å²) in [6, 6.07) is 6.54. The van der Waals surface area contributed by atoms with E-state index in [-0.39, 0.29) is 0 Å². The number of pyridine rings is 1. The molecule has 0 bridgehead atoms. The molecule has 0 saturated carbocycles. The minimum absolute atomic E-state index is 0.321. The van der Waals surface area contributed by atoms with Crippen LogP contribution in [-0.4, -0.2) is 23.5 Å². The van der Waals surface area contributed by atoms with Crippen LogP contribution in [0.25, 0.3) is 0 Å². The van der Waals surface area contributed by atoms with Gasteiger partial charge >= 0.3 is 5.97 Å². The molecule has 0 aliphatic rings. The summed E-state index contributed by atoms with van der Waals surface area (Å²) in [6.45, 7) is -0.413. The number of rotatable bonds is 4. The van der Waals surface area contributed by atoms with Gasteiger partial charge in [-0.3, -0.25) is 9.78 Å². The summed E-state index contributed by atoms with van der Waals surface area (Å²) in [4.78, 5) is 27.0. The van der Waals surface area contributed by atoms with Crippen LogP contribution in [0.1, 0.15) is 15.9 Å². The highest BCUT2D eigenvalue weighted by Crippen LogP contribution is 2.21. The molecule has 2 heterocycles. The Morgan fingerprint density at radius 1 is 1.35 bits per heavy atom. The Bertz CT molecular complexity index is 661. The first-order valence-corrected chi connectivity index (χ1v) is 6.43. The van der Waals surface area contributed by atoms with Crippen LogP contribution in [0, 0.1) is 11.3 Å². The number of carbonyl (C=O) groups excluding carboxylic acids is 2. The number of anilines is 1. The Balaban J connectivity index is 1.87. The van der Waals surface area contributed by atoms with Crippen LogP contribution in [0.4, 0.5) is 5.00 Å². The van der Waals surface area contributed by atoms with Crippen LogP contribution in [0.15, 0.2) is 36.0 Å². The van der Waals surface area contributed by atoms with E-state index in [1.165, 1.54) is 35.9 Å². The second-order valence-electron chi connectivity index (χ2n) is 3.64. The number of hydrogen-bond donors (Lipinski definition) is 1. The fourth-order valence-electron chi connectivity index (χ4n) is 1.36. The van der Waals surface area contributed by atoms with Crippen molar-refractivity contribution in [3.63, 3.8) is 0 Å². The first-order chi connectivity index (χ1) is 9.70. The van der Waals surface area contributed by atoms with Gasteiger partial charge in [0.2, 0.25) is 0 Å². The van der Waals surface area contributed by atoms with Crippen LogP contribution in [-0.2, 0) is 9.53 Å². The fraction of sp³-hybridized carbons (Fsp3) is 0.0769. The largest absolute Gasteiger partial charge is 0.452 e. The summed E-state index contributed by atoms with van der Waals surface area (Å²) in [5.41, 5.74) is 0.699. The summed E-state index contributed by atoms with van der Waals surface area (Å²) in [5.74, 6) is -1.10. The number of nitrogens with one attached hydrogen (secondary N) is 1. The van der Waals surface area contributed by atoms with Gasteiger partial charge in [-0.05, 0) is 23.6 Å². The average molecular weight is 287 g/mol. The number of ether oxygens (including phenoxy) is 1. The summed E-state index contributed by atoms with van der Waals surface area (Å²) < 4.78 is 4.86. The normalized spacial score (nSPS) is 9.55. The predicted octanol–water partition coefficient (Wildman–Crippen LogP) is 1.81. The van der Waals surface area contributed by atoms with Gasteiger partial charge < -0.3 is 10.1 Å². The molecule has 0 radical (unpaired) electrons. The summed E-state index contributed by atoms with van der Waals surface area (Å²) in [5, 5.41) is 13.5. The maximum absolute atomic E-state index is 11.6. The Morgan fingerprint density at radius 3 is 2.80 bits per heavy atom. The van der Waals surface area contributed by atoms with Crippen molar-refractivity contribution in [3.05, 3.63) is 47.1 Å². The molecule has 1 amide bonds. The van der Waals surface area contributed by atoms with Gasteiger partial charge in [0.1, 0.15) is 11.1 Å². The van der Waals surface area contributed by atoms with E-state index in [0.29, 0.717) is 16.1 Å². The molecule has 20 heavy (non-hydrogen) atoms. The van der Waals surface area contributed by atoms with Gasteiger partial charge in [-0.2, -0.15) is 5.26 Å². The third-order valence-corrected chi connectivity index (χ3v) is 3.12. The maximum atomic E-state index is 11.6. The number of thiophene rings is 1. The lowest BCUT2D eigenvalue weighted by Crippen LogP contribution is -2.20. The molecule has 0 spiro atoms. The van der Waals surface area contributed by atoms with Crippen molar-refractivity contribution in [2.75, 3.05) is 11.9 Å². The fourth-order valence-corrected chi connectivity index (χ4v) is 2.11. The number of nitrogens with zero attached hydrogens (tertiary/aromatic N) is 2. The molecule has 6 nitrogen and oxygen atoms in total. The molecule has 0 saturated heterocycles. The summed E-state index contributed by atoms with van der Waals surface area (Å²) in [7, 11) is 0. The number of aromatic nitrogens is 1. The molecule has 2 aromatic rings. The second-order valence-corrected chi connectivity index (χ2v) is 4.55. The number of amides is 1. The van der Waals surface area contributed by atoms with Crippen molar-refractivity contribution >= 4 is 28.2 Å². The highest BCUT2D eigenvalue weighted by molar-refractivity contribution is 7.14. The molecule has 100 valence electrons. The lowest BCUT2D eigenvalue weighted by molar-refractivity contribution is -0.119. The summed E-state index contributed by atoms with van der Waals surface area (Å²) >= 11 is 1.23. The Kier molecular flexibility index (Phi) is 4.42. The average Bonchev–Trinajstić information content (AvgIpc) is 2.92. The van der Waals surface area contributed by atoms with Gasteiger partial charge in [0.05, 0.1) is 11.1 Å². The zero-order valence-corrected chi connectivity index (χ0v) is 11.0. The lowest BCUT2D eigenvalue weighted by atomic mass is 10.3. The highest BCUT2D eigenvalue weighted by atomic mass is 32.1. The Morgan fingerprint density at radius 2 is 2.10 bits per heavy atom. The van der Waals surface area contributed by atoms with Gasteiger partial charge in [-0.25, -0.2) is 4.79 Å². The van der Waals surface area contributed by atoms with E-state index in [2.05, 4.69) is 10.3 Å². The smallest absolute Gasteiger partial charge is 0.338 e. The van der Waals surface area contributed by atoms with Crippen LogP contribution >= 0.6 is 11.3 Å². The van der Waals surface area contributed by atoms with Gasteiger partial charge in [0.15, 0.2) is 6.61 Å². The minimum atomic E-state index is -0.603. The molecule has 2 rings (SSSR count). The van der Waals surface area contributed by atoms with Crippen molar-refractivity contribution in [3.8, 4) is 6.07 Å². The van der Waals surface area contributed by atoms with Crippen molar-refractivity contribution in [2.24, 2.45) is 0 Å². The van der Waals surface area contributed by atoms with Crippen molar-refractivity contribution in [1.82, 2.24) is 4.98 Å². The van der Waals surface area contributed by atoms with Gasteiger partial charge in [-0.1, -0.05) is 0 Å². The third kappa shape index (κ3) is 3.40. The Hall–Kier alpha value is -2.72. The number of carbonyl (C=O) groups is 2. The van der Waals surface area contributed by atoms with E-state index in [4.69, 9.17) is 10.00 Å². The van der Waals surface area contributed by atoms with E-state index < -0.39 is 18.5 Å². The quantitative estimate of drug-likeness (QED) is 0.866. The second kappa shape index (κ2) is 6.45. The minimum Gasteiger partial charge on any atom is -0.452 e. The van der Waals surface area contributed by atoms with Crippen molar-refractivity contribution in [1.29, 1.82) is 5.26 Å².